The highest BCUT2D eigenvalue weighted by atomic mass is 35.5. The number of halogens is 3. The molecular weight excluding hydrogens is 347 g/mol. The molecule has 22 heavy (non-hydrogen) atoms. The van der Waals surface area contributed by atoms with Gasteiger partial charge >= 0.3 is 0 Å². The largest absolute Gasteiger partial charge is 0.487 e. The minimum Gasteiger partial charge on any atom is -0.487 e. The first-order valence-corrected chi connectivity index (χ1v) is 7.68. The molecule has 0 fully saturated rings. The van der Waals surface area contributed by atoms with E-state index in [1.54, 1.807) is 30.5 Å². The Balaban J connectivity index is 1.70. The van der Waals surface area contributed by atoms with Crippen molar-refractivity contribution in [1.82, 2.24) is 10.3 Å². The highest BCUT2D eigenvalue weighted by Gasteiger charge is 2.28. The van der Waals surface area contributed by atoms with Crippen LogP contribution in [-0.2, 0) is 11.2 Å². The zero-order chi connectivity index (χ0) is 15.7. The summed E-state index contributed by atoms with van der Waals surface area (Å²) in [6.07, 6.45) is 1.76. The summed E-state index contributed by atoms with van der Waals surface area (Å²) in [5.41, 5.74) is 1.55. The lowest BCUT2D eigenvalue weighted by Gasteiger charge is -2.12. The normalized spacial score (nSPS) is 16.0. The van der Waals surface area contributed by atoms with Gasteiger partial charge in [0, 0.05) is 21.8 Å². The molecule has 4 nitrogen and oxygen atoms in total. The maximum absolute atomic E-state index is 12.2. The van der Waals surface area contributed by atoms with Crippen molar-refractivity contribution in [1.29, 1.82) is 0 Å². The van der Waals surface area contributed by atoms with Gasteiger partial charge in [-0.05, 0) is 23.8 Å². The van der Waals surface area contributed by atoms with Gasteiger partial charge in [-0.25, -0.2) is 4.98 Å². The molecular formula is C15H11Cl3N2O2. The number of nitrogens with one attached hydrogen (secondary N) is 1. The number of fused-ring (bicyclic) bond motifs is 1. The topological polar surface area (TPSA) is 51.2 Å². The third-order valence-electron chi connectivity index (χ3n) is 3.36. The third kappa shape index (κ3) is 3.14. The number of benzene rings is 1. The van der Waals surface area contributed by atoms with Gasteiger partial charge in [0.2, 0.25) is 5.91 Å². The number of aromatic nitrogens is 1. The molecule has 1 aromatic heterocycles. The fraction of sp³-hybridized carbons (Fsp3) is 0.200. The van der Waals surface area contributed by atoms with Crippen molar-refractivity contribution in [3.05, 3.63) is 56.8 Å². The van der Waals surface area contributed by atoms with Crippen LogP contribution in [0.5, 0.6) is 5.75 Å². The van der Waals surface area contributed by atoms with Crippen LogP contribution in [0.2, 0.25) is 15.2 Å². The average molecular weight is 358 g/mol. The zero-order valence-electron chi connectivity index (χ0n) is 11.3. The van der Waals surface area contributed by atoms with E-state index in [0.29, 0.717) is 27.6 Å². The van der Waals surface area contributed by atoms with Gasteiger partial charge < -0.3 is 10.1 Å². The molecule has 0 saturated carbocycles. The Morgan fingerprint density at radius 2 is 2.14 bits per heavy atom. The van der Waals surface area contributed by atoms with Gasteiger partial charge in [0.05, 0.1) is 12.5 Å². The molecule has 0 bridgehead atoms. The first kappa shape index (κ1) is 15.4. The van der Waals surface area contributed by atoms with Crippen LogP contribution in [-0.4, -0.2) is 17.5 Å². The van der Waals surface area contributed by atoms with E-state index in [0.717, 1.165) is 11.1 Å². The van der Waals surface area contributed by atoms with Crippen molar-refractivity contribution in [2.75, 3.05) is 6.61 Å². The summed E-state index contributed by atoms with van der Waals surface area (Å²) in [4.78, 5) is 16.1. The van der Waals surface area contributed by atoms with E-state index in [1.165, 1.54) is 0 Å². The van der Waals surface area contributed by atoms with Crippen LogP contribution >= 0.6 is 34.8 Å². The quantitative estimate of drug-likeness (QED) is 0.849. The second kappa shape index (κ2) is 6.32. The number of nitrogens with zero attached hydrogens (tertiary/aromatic N) is 1. The Hall–Kier alpha value is -1.49. The number of pyridine rings is 1. The van der Waals surface area contributed by atoms with E-state index in [4.69, 9.17) is 39.5 Å². The Labute approximate surface area is 142 Å². The zero-order valence-corrected chi connectivity index (χ0v) is 13.5. The molecule has 1 atom stereocenters. The van der Waals surface area contributed by atoms with E-state index in [9.17, 15) is 4.79 Å². The van der Waals surface area contributed by atoms with Crippen LogP contribution in [0.25, 0.3) is 0 Å². The van der Waals surface area contributed by atoms with Gasteiger partial charge in [-0.2, -0.15) is 0 Å². The smallest absolute Gasteiger partial charge is 0.225 e. The van der Waals surface area contributed by atoms with Crippen LogP contribution in [0.1, 0.15) is 17.2 Å². The number of rotatable bonds is 3. The van der Waals surface area contributed by atoms with Gasteiger partial charge in [0.25, 0.3) is 0 Å². The summed E-state index contributed by atoms with van der Waals surface area (Å²) in [5.74, 6) is 0.373. The van der Waals surface area contributed by atoms with Gasteiger partial charge in [0.1, 0.15) is 6.61 Å². The van der Waals surface area contributed by atoms with Crippen molar-refractivity contribution in [3.8, 4) is 5.75 Å². The molecule has 114 valence electrons. The lowest BCUT2D eigenvalue weighted by Crippen LogP contribution is -2.30. The van der Waals surface area contributed by atoms with Crippen molar-refractivity contribution >= 4 is 40.7 Å². The molecule has 1 aliphatic heterocycles. The van der Waals surface area contributed by atoms with Crippen LogP contribution in [0.3, 0.4) is 0 Å². The molecule has 1 amide bonds. The molecule has 2 aromatic rings. The number of hydrogen-bond donors (Lipinski definition) is 1. The molecule has 1 N–H and O–H groups in total. The Bertz CT molecular complexity index is 737. The summed E-state index contributed by atoms with van der Waals surface area (Å²) >= 11 is 17.9. The predicted octanol–water partition coefficient (Wildman–Crippen LogP) is 3.83. The molecule has 0 spiro atoms. The summed E-state index contributed by atoms with van der Waals surface area (Å²) < 4.78 is 5.48. The first-order chi connectivity index (χ1) is 10.5. The van der Waals surface area contributed by atoms with E-state index in [1.807, 2.05) is 0 Å². The van der Waals surface area contributed by atoms with Gasteiger partial charge in [-0.1, -0.05) is 40.9 Å². The minimum atomic E-state index is -0.242. The molecule has 0 aliphatic carbocycles. The van der Waals surface area contributed by atoms with E-state index >= 15 is 0 Å². The maximum atomic E-state index is 12.2. The second-order valence-electron chi connectivity index (χ2n) is 4.86. The first-order valence-electron chi connectivity index (χ1n) is 6.55. The predicted molar refractivity (Wildman–Crippen MR) is 85.8 cm³/mol. The molecule has 7 heteroatoms. The maximum Gasteiger partial charge on any atom is 0.225 e. The highest BCUT2D eigenvalue weighted by Crippen LogP contribution is 2.36. The summed E-state index contributed by atoms with van der Waals surface area (Å²) in [7, 11) is 0. The standard InChI is InChI=1S/C15H11Cl3N2O2/c16-9-2-1-8(11(17)6-9)5-13(21)20-12-7-22-14-10(12)3-4-19-15(14)18/h1-4,6,12H,5,7H2,(H,20,21). The summed E-state index contributed by atoms with van der Waals surface area (Å²) in [6.45, 7) is 0.334. The number of carbonyl (C=O) groups excluding carboxylic acids is 1. The molecule has 0 radical (unpaired) electrons. The highest BCUT2D eigenvalue weighted by molar-refractivity contribution is 6.35. The number of ether oxygens (including phenoxy) is 1. The molecule has 1 aliphatic rings. The number of hydrogen-bond acceptors (Lipinski definition) is 3. The Morgan fingerprint density at radius 1 is 1.32 bits per heavy atom. The summed E-state index contributed by atoms with van der Waals surface area (Å²) in [6, 6.07) is 6.60. The van der Waals surface area contributed by atoms with Crippen LogP contribution in [0.15, 0.2) is 30.5 Å². The van der Waals surface area contributed by atoms with Gasteiger partial charge in [0.15, 0.2) is 10.9 Å². The van der Waals surface area contributed by atoms with Gasteiger partial charge in [-0.3, -0.25) is 4.79 Å². The van der Waals surface area contributed by atoms with E-state index in [-0.39, 0.29) is 18.4 Å². The molecule has 1 unspecified atom stereocenters. The number of amides is 1. The van der Waals surface area contributed by atoms with Crippen LogP contribution in [0.4, 0.5) is 0 Å². The Morgan fingerprint density at radius 3 is 2.91 bits per heavy atom. The van der Waals surface area contributed by atoms with Crippen molar-refractivity contribution in [2.45, 2.75) is 12.5 Å². The SMILES string of the molecule is O=C(Cc1ccc(Cl)cc1Cl)NC1COc2c1ccnc2Cl. The molecule has 0 saturated heterocycles. The average Bonchev–Trinajstić information content (AvgIpc) is 2.87. The molecule has 3 rings (SSSR count). The van der Waals surface area contributed by atoms with Crippen molar-refractivity contribution < 1.29 is 9.53 Å². The second-order valence-corrected chi connectivity index (χ2v) is 6.07. The fourth-order valence-electron chi connectivity index (χ4n) is 2.31. The Kier molecular flexibility index (Phi) is 4.43. The van der Waals surface area contributed by atoms with E-state index in [2.05, 4.69) is 10.3 Å². The third-order valence-corrected chi connectivity index (χ3v) is 4.22. The summed E-state index contributed by atoms with van der Waals surface area (Å²) in [5, 5.41) is 4.22. The number of carbonyl (C=O) groups is 1. The lowest BCUT2D eigenvalue weighted by molar-refractivity contribution is -0.121. The van der Waals surface area contributed by atoms with Gasteiger partial charge in [-0.15, -0.1) is 0 Å². The van der Waals surface area contributed by atoms with Crippen molar-refractivity contribution in [3.63, 3.8) is 0 Å². The minimum absolute atomic E-state index is 0.154. The fourth-order valence-corrected chi connectivity index (χ4v) is 3.01. The van der Waals surface area contributed by atoms with E-state index < -0.39 is 0 Å². The lowest BCUT2D eigenvalue weighted by atomic mass is 10.1. The van der Waals surface area contributed by atoms with Crippen LogP contribution in [0, 0.1) is 0 Å². The van der Waals surface area contributed by atoms with Crippen LogP contribution < -0.4 is 10.1 Å². The molecule has 1 aromatic carbocycles. The monoisotopic (exact) mass is 356 g/mol. The van der Waals surface area contributed by atoms with Crippen molar-refractivity contribution in [2.24, 2.45) is 0 Å². The molecule has 2 heterocycles.